The largest absolute Gasteiger partial charge is 0.321 e. The van der Waals surface area contributed by atoms with Crippen LogP contribution in [0, 0.1) is 6.92 Å². The summed E-state index contributed by atoms with van der Waals surface area (Å²) < 4.78 is 2.31. The number of benzene rings is 1. The summed E-state index contributed by atoms with van der Waals surface area (Å²) in [4.78, 5) is 5.80. The maximum atomic E-state index is 4.70. The van der Waals surface area contributed by atoms with Gasteiger partial charge in [0.25, 0.3) is 0 Å². The Morgan fingerprint density at radius 3 is 2.71 bits per heavy atom. The van der Waals surface area contributed by atoms with E-state index in [-0.39, 0.29) is 0 Å². The average molecular weight is 246 g/mol. The van der Waals surface area contributed by atoms with Gasteiger partial charge >= 0.3 is 0 Å². The highest BCUT2D eigenvalue weighted by molar-refractivity contribution is 7.07. The number of rotatable bonds is 4. The van der Waals surface area contributed by atoms with Crippen molar-refractivity contribution in [3.8, 4) is 0 Å². The monoisotopic (exact) mass is 246 g/mol. The number of para-hydroxylation sites is 1. The highest BCUT2D eigenvalue weighted by atomic mass is 32.1. The van der Waals surface area contributed by atoms with Crippen LogP contribution < -0.4 is 4.80 Å². The molecule has 0 bridgehead atoms. The molecule has 0 aliphatic heterocycles. The van der Waals surface area contributed by atoms with Gasteiger partial charge in [0, 0.05) is 17.6 Å². The van der Waals surface area contributed by atoms with Crippen molar-refractivity contribution < 1.29 is 0 Å². The first-order valence-corrected chi connectivity index (χ1v) is 6.94. The van der Waals surface area contributed by atoms with E-state index >= 15 is 0 Å². The Morgan fingerprint density at radius 1 is 1.24 bits per heavy atom. The Morgan fingerprint density at radius 2 is 2.00 bits per heavy atom. The van der Waals surface area contributed by atoms with Crippen LogP contribution in [0.15, 0.2) is 40.7 Å². The molecule has 1 heterocycles. The van der Waals surface area contributed by atoms with Gasteiger partial charge in [-0.25, -0.2) is 4.99 Å². The van der Waals surface area contributed by atoms with E-state index < -0.39 is 0 Å². The molecule has 0 aliphatic carbocycles. The summed E-state index contributed by atoms with van der Waals surface area (Å²) >= 11 is 1.72. The molecule has 1 aromatic carbocycles. The van der Waals surface area contributed by atoms with Crippen LogP contribution in [0.4, 0.5) is 5.69 Å². The molecule has 3 heteroatoms. The second kappa shape index (κ2) is 5.82. The predicted molar refractivity (Wildman–Crippen MR) is 73.6 cm³/mol. The summed E-state index contributed by atoms with van der Waals surface area (Å²) in [7, 11) is 0. The van der Waals surface area contributed by atoms with Crippen molar-refractivity contribution in [1.29, 1.82) is 0 Å². The first-order valence-electron chi connectivity index (χ1n) is 6.06. The van der Waals surface area contributed by atoms with E-state index in [0.29, 0.717) is 0 Å². The van der Waals surface area contributed by atoms with E-state index in [4.69, 9.17) is 4.99 Å². The minimum Gasteiger partial charge on any atom is -0.321 e. The smallest absolute Gasteiger partial charge is 0.190 e. The van der Waals surface area contributed by atoms with E-state index in [9.17, 15) is 0 Å². The number of nitrogens with zero attached hydrogens (tertiary/aromatic N) is 2. The van der Waals surface area contributed by atoms with Gasteiger partial charge in [-0.05, 0) is 25.5 Å². The van der Waals surface area contributed by atoms with Crippen molar-refractivity contribution in [1.82, 2.24) is 4.57 Å². The fraction of sp³-hybridized carbons (Fsp3) is 0.357. The fourth-order valence-electron chi connectivity index (χ4n) is 1.70. The normalized spacial score (nSPS) is 12.0. The van der Waals surface area contributed by atoms with Crippen LogP contribution in [-0.4, -0.2) is 4.57 Å². The first-order chi connectivity index (χ1) is 8.31. The third-order valence-electron chi connectivity index (χ3n) is 2.71. The van der Waals surface area contributed by atoms with Crippen molar-refractivity contribution in [2.24, 2.45) is 4.99 Å². The van der Waals surface area contributed by atoms with E-state index in [1.807, 2.05) is 30.3 Å². The summed E-state index contributed by atoms with van der Waals surface area (Å²) in [6, 6.07) is 10.1. The van der Waals surface area contributed by atoms with Crippen molar-refractivity contribution in [2.45, 2.75) is 33.2 Å². The molecule has 0 N–H and O–H groups in total. The molecule has 1 aromatic heterocycles. The lowest BCUT2D eigenvalue weighted by Crippen LogP contribution is -2.15. The van der Waals surface area contributed by atoms with Crippen LogP contribution in [0.1, 0.15) is 25.5 Å². The van der Waals surface area contributed by atoms with E-state index in [2.05, 4.69) is 23.8 Å². The molecule has 0 fully saturated rings. The van der Waals surface area contributed by atoms with Gasteiger partial charge in [-0.3, -0.25) is 0 Å². The van der Waals surface area contributed by atoms with Gasteiger partial charge in [0.1, 0.15) is 0 Å². The van der Waals surface area contributed by atoms with Gasteiger partial charge in [0.15, 0.2) is 4.80 Å². The second-order valence-electron chi connectivity index (χ2n) is 4.11. The molecule has 0 saturated carbocycles. The molecule has 0 unspecified atom stereocenters. The molecule has 2 nitrogen and oxygen atoms in total. The highest BCUT2D eigenvalue weighted by Gasteiger charge is 2.00. The standard InChI is InChI=1S/C14H18N2S/c1-3-4-10-16-12(2)11-17-14(16)15-13-8-6-5-7-9-13/h5-9,11H,3-4,10H2,1-2H3. The molecule has 0 spiro atoms. The summed E-state index contributed by atoms with van der Waals surface area (Å²) in [6.07, 6.45) is 2.42. The number of hydrogen-bond acceptors (Lipinski definition) is 2. The van der Waals surface area contributed by atoms with Crippen LogP contribution in [0.25, 0.3) is 0 Å². The summed E-state index contributed by atoms with van der Waals surface area (Å²) in [6.45, 7) is 5.43. The Labute approximate surface area is 106 Å². The number of aromatic nitrogens is 1. The van der Waals surface area contributed by atoms with Gasteiger partial charge in [0.05, 0.1) is 5.69 Å². The highest BCUT2D eigenvalue weighted by Crippen LogP contribution is 2.10. The minimum atomic E-state index is 1.03. The van der Waals surface area contributed by atoms with Gasteiger partial charge in [0.2, 0.25) is 0 Å². The zero-order valence-corrected chi connectivity index (χ0v) is 11.2. The zero-order valence-electron chi connectivity index (χ0n) is 10.4. The van der Waals surface area contributed by atoms with Crippen molar-refractivity contribution in [3.05, 3.63) is 46.2 Å². The van der Waals surface area contributed by atoms with Gasteiger partial charge in [-0.2, -0.15) is 0 Å². The minimum absolute atomic E-state index is 1.03. The molecule has 0 amide bonds. The summed E-state index contributed by atoms with van der Waals surface area (Å²) in [5.41, 5.74) is 2.33. The molecule has 90 valence electrons. The van der Waals surface area contributed by atoms with E-state index in [0.717, 1.165) is 17.0 Å². The molecule has 0 atom stereocenters. The lowest BCUT2D eigenvalue weighted by atomic mass is 10.3. The Bertz CT molecular complexity index is 523. The van der Waals surface area contributed by atoms with Crippen LogP contribution in [0.2, 0.25) is 0 Å². The van der Waals surface area contributed by atoms with Gasteiger partial charge in [-0.1, -0.05) is 31.5 Å². The Balaban J connectivity index is 2.35. The van der Waals surface area contributed by atoms with Crippen LogP contribution in [0.3, 0.4) is 0 Å². The number of hydrogen-bond donors (Lipinski definition) is 0. The number of thiazole rings is 1. The molecule has 17 heavy (non-hydrogen) atoms. The molecule has 0 saturated heterocycles. The van der Waals surface area contributed by atoms with Gasteiger partial charge < -0.3 is 4.57 Å². The quantitative estimate of drug-likeness (QED) is 0.778. The summed E-state index contributed by atoms with van der Waals surface area (Å²) in [5.74, 6) is 0. The molecule has 0 aliphatic rings. The van der Waals surface area contributed by atoms with Crippen molar-refractivity contribution >= 4 is 17.0 Å². The van der Waals surface area contributed by atoms with E-state index in [1.54, 1.807) is 11.3 Å². The topological polar surface area (TPSA) is 17.3 Å². The molecule has 2 rings (SSSR count). The lowest BCUT2D eigenvalue weighted by molar-refractivity contribution is 0.605. The van der Waals surface area contributed by atoms with Crippen LogP contribution in [-0.2, 0) is 6.54 Å². The van der Waals surface area contributed by atoms with Gasteiger partial charge in [-0.15, -0.1) is 11.3 Å². The van der Waals surface area contributed by atoms with Crippen molar-refractivity contribution in [3.63, 3.8) is 0 Å². The average Bonchev–Trinajstić information content (AvgIpc) is 2.69. The first kappa shape index (κ1) is 12.1. The number of unbranched alkanes of at least 4 members (excludes halogenated alkanes) is 1. The molecule has 0 radical (unpaired) electrons. The Hall–Kier alpha value is -1.35. The predicted octanol–water partition coefficient (Wildman–Crippen LogP) is 3.89. The molecular formula is C14H18N2S. The van der Waals surface area contributed by atoms with Crippen LogP contribution >= 0.6 is 11.3 Å². The third kappa shape index (κ3) is 3.07. The lowest BCUT2D eigenvalue weighted by Gasteiger charge is -2.04. The maximum Gasteiger partial charge on any atom is 0.190 e. The molecular weight excluding hydrogens is 228 g/mol. The second-order valence-corrected chi connectivity index (χ2v) is 4.95. The fourth-order valence-corrected chi connectivity index (χ4v) is 2.63. The van der Waals surface area contributed by atoms with Crippen molar-refractivity contribution in [2.75, 3.05) is 0 Å². The number of aryl methyl sites for hydroxylation is 1. The molecule has 2 aromatic rings. The SMILES string of the molecule is CCCCn1c(C)csc1=Nc1ccccc1. The van der Waals surface area contributed by atoms with Crippen LogP contribution in [0.5, 0.6) is 0 Å². The zero-order chi connectivity index (χ0) is 12.1. The third-order valence-corrected chi connectivity index (χ3v) is 3.69. The maximum absolute atomic E-state index is 4.70. The summed E-state index contributed by atoms with van der Waals surface area (Å²) in [5, 5.41) is 2.18. The Kier molecular flexibility index (Phi) is 4.15. The van der Waals surface area contributed by atoms with E-state index in [1.165, 1.54) is 18.5 Å².